The summed E-state index contributed by atoms with van der Waals surface area (Å²) in [4.78, 5) is 14.2. The zero-order valence-electron chi connectivity index (χ0n) is 17.6. The van der Waals surface area contributed by atoms with Crippen LogP contribution in [-0.2, 0) is 11.3 Å². The molecule has 29 heavy (non-hydrogen) atoms. The molecule has 0 aliphatic carbocycles. The molecule has 0 N–H and O–H groups in total. The summed E-state index contributed by atoms with van der Waals surface area (Å²) in [6, 6.07) is 9.06. The van der Waals surface area contributed by atoms with Gasteiger partial charge >= 0.3 is 0 Å². The predicted octanol–water partition coefficient (Wildman–Crippen LogP) is 3.40. The smallest absolute Gasteiger partial charge is 0.246 e. The summed E-state index contributed by atoms with van der Waals surface area (Å²) in [7, 11) is 9.55. The highest BCUT2D eigenvalue weighted by Gasteiger charge is 2.14. The normalized spacial score (nSPS) is 10.6. The van der Waals surface area contributed by atoms with Crippen molar-refractivity contribution in [2.24, 2.45) is 0 Å². The maximum Gasteiger partial charge on any atom is 0.246 e. The molecule has 0 radical (unpaired) electrons. The molecule has 2 rings (SSSR count). The fourth-order valence-corrected chi connectivity index (χ4v) is 2.81. The second kappa shape index (κ2) is 10.3. The number of amides is 1. The molecule has 0 aliphatic heterocycles. The molecule has 1 amide bonds. The van der Waals surface area contributed by atoms with E-state index in [2.05, 4.69) is 0 Å². The SMILES string of the molecule is COc1ccc(CN(C)C(=O)/C=C/c2cc(OC)c(OC)c(OC)c2)c(OC)c1. The van der Waals surface area contributed by atoms with E-state index < -0.39 is 0 Å². The Bertz CT molecular complexity index is 853. The van der Waals surface area contributed by atoms with Crippen LogP contribution in [0, 0.1) is 0 Å². The summed E-state index contributed by atoms with van der Waals surface area (Å²) in [6.07, 6.45) is 3.20. The van der Waals surface area contributed by atoms with Crippen LogP contribution in [0.3, 0.4) is 0 Å². The van der Waals surface area contributed by atoms with E-state index in [9.17, 15) is 4.79 Å². The average Bonchev–Trinajstić information content (AvgIpc) is 2.76. The third kappa shape index (κ3) is 5.34. The second-order valence-electron chi connectivity index (χ2n) is 6.16. The van der Waals surface area contributed by atoms with Gasteiger partial charge in [0.2, 0.25) is 11.7 Å². The van der Waals surface area contributed by atoms with Crippen LogP contribution in [0.5, 0.6) is 28.7 Å². The Morgan fingerprint density at radius 2 is 1.48 bits per heavy atom. The predicted molar refractivity (Wildman–Crippen MR) is 111 cm³/mol. The van der Waals surface area contributed by atoms with E-state index in [1.54, 1.807) is 71.8 Å². The lowest BCUT2D eigenvalue weighted by Crippen LogP contribution is -2.24. The minimum atomic E-state index is -0.156. The Labute approximate surface area is 171 Å². The molecule has 0 saturated carbocycles. The fraction of sp³-hybridized carbons (Fsp3) is 0.318. The number of hydrogen-bond donors (Lipinski definition) is 0. The number of rotatable bonds is 9. The van der Waals surface area contributed by atoms with Crippen LogP contribution in [0.15, 0.2) is 36.4 Å². The lowest BCUT2D eigenvalue weighted by atomic mass is 10.1. The van der Waals surface area contributed by atoms with Crippen LogP contribution in [0.25, 0.3) is 6.08 Å². The molecule has 156 valence electrons. The van der Waals surface area contributed by atoms with Gasteiger partial charge in [0.25, 0.3) is 0 Å². The van der Waals surface area contributed by atoms with Crippen molar-refractivity contribution in [3.8, 4) is 28.7 Å². The summed E-state index contributed by atoms with van der Waals surface area (Å²) >= 11 is 0. The van der Waals surface area contributed by atoms with Gasteiger partial charge in [-0.05, 0) is 35.9 Å². The number of nitrogens with zero attached hydrogens (tertiary/aromatic N) is 1. The molecule has 0 atom stereocenters. The van der Waals surface area contributed by atoms with Gasteiger partial charge in [-0.3, -0.25) is 4.79 Å². The van der Waals surface area contributed by atoms with Crippen molar-refractivity contribution < 1.29 is 28.5 Å². The molecule has 0 aliphatic rings. The lowest BCUT2D eigenvalue weighted by Gasteiger charge is -2.18. The van der Waals surface area contributed by atoms with Crippen molar-refractivity contribution in [3.63, 3.8) is 0 Å². The second-order valence-corrected chi connectivity index (χ2v) is 6.16. The number of hydrogen-bond acceptors (Lipinski definition) is 6. The zero-order chi connectivity index (χ0) is 21.4. The first-order valence-corrected chi connectivity index (χ1v) is 8.91. The number of methoxy groups -OCH3 is 5. The number of ether oxygens (including phenoxy) is 5. The summed E-state index contributed by atoms with van der Waals surface area (Å²) < 4.78 is 26.6. The van der Waals surface area contributed by atoms with Crippen molar-refractivity contribution in [2.45, 2.75) is 6.54 Å². The molecular formula is C22H27NO6. The highest BCUT2D eigenvalue weighted by molar-refractivity contribution is 5.91. The zero-order valence-corrected chi connectivity index (χ0v) is 17.6. The lowest BCUT2D eigenvalue weighted by molar-refractivity contribution is -0.125. The standard InChI is InChI=1S/C22H27NO6/c1-23(14-16-8-9-17(25-2)13-18(16)26-3)21(24)10-7-15-11-19(27-4)22(29-6)20(12-15)28-5/h7-13H,14H2,1-6H3/b10-7+. The van der Waals surface area contributed by atoms with E-state index in [4.69, 9.17) is 23.7 Å². The first-order chi connectivity index (χ1) is 14.0. The summed E-state index contributed by atoms with van der Waals surface area (Å²) in [5.74, 6) is 2.75. The monoisotopic (exact) mass is 401 g/mol. The molecule has 0 saturated heterocycles. The van der Waals surface area contributed by atoms with Crippen molar-refractivity contribution >= 4 is 12.0 Å². The maximum absolute atomic E-state index is 12.6. The molecule has 7 nitrogen and oxygen atoms in total. The number of likely N-dealkylation sites (N-methyl/N-ethyl adjacent to an activating group) is 1. The molecule has 0 aromatic heterocycles. The van der Waals surface area contributed by atoms with E-state index in [0.717, 1.165) is 11.1 Å². The Morgan fingerprint density at radius 1 is 0.862 bits per heavy atom. The molecule has 0 fully saturated rings. The first-order valence-electron chi connectivity index (χ1n) is 8.91. The van der Waals surface area contributed by atoms with Crippen molar-refractivity contribution in [1.29, 1.82) is 0 Å². The van der Waals surface area contributed by atoms with Crippen LogP contribution in [-0.4, -0.2) is 53.4 Å². The van der Waals surface area contributed by atoms with Crippen molar-refractivity contribution in [2.75, 3.05) is 42.6 Å². The van der Waals surface area contributed by atoms with Crippen molar-refractivity contribution in [3.05, 3.63) is 47.5 Å². The number of carbonyl (C=O) groups excluding carboxylic acids is 1. The first kappa shape index (κ1) is 21.9. The molecule has 0 bridgehead atoms. The third-order valence-electron chi connectivity index (χ3n) is 4.38. The highest BCUT2D eigenvalue weighted by Crippen LogP contribution is 2.38. The minimum absolute atomic E-state index is 0.156. The van der Waals surface area contributed by atoms with E-state index in [1.165, 1.54) is 6.08 Å². The van der Waals surface area contributed by atoms with Gasteiger partial charge in [0.15, 0.2) is 11.5 Å². The summed E-state index contributed by atoms with van der Waals surface area (Å²) in [5, 5.41) is 0. The topological polar surface area (TPSA) is 66.5 Å². The van der Waals surface area contributed by atoms with E-state index in [0.29, 0.717) is 35.3 Å². The van der Waals surface area contributed by atoms with Crippen LogP contribution >= 0.6 is 0 Å². The van der Waals surface area contributed by atoms with Gasteiger partial charge in [0.1, 0.15) is 11.5 Å². The van der Waals surface area contributed by atoms with Gasteiger partial charge in [-0.15, -0.1) is 0 Å². The molecular weight excluding hydrogens is 374 g/mol. The van der Waals surface area contributed by atoms with Crippen LogP contribution < -0.4 is 23.7 Å². The average molecular weight is 401 g/mol. The van der Waals surface area contributed by atoms with Gasteiger partial charge in [0.05, 0.1) is 35.5 Å². The van der Waals surface area contributed by atoms with E-state index >= 15 is 0 Å². The Kier molecular flexibility index (Phi) is 7.77. The molecule has 2 aromatic rings. The van der Waals surface area contributed by atoms with Gasteiger partial charge in [-0.1, -0.05) is 0 Å². The van der Waals surface area contributed by atoms with Crippen LogP contribution in [0.1, 0.15) is 11.1 Å². The molecule has 7 heteroatoms. The minimum Gasteiger partial charge on any atom is -0.497 e. The van der Waals surface area contributed by atoms with Gasteiger partial charge in [-0.25, -0.2) is 0 Å². The Balaban J connectivity index is 2.16. The van der Waals surface area contributed by atoms with Gasteiger partial charge in [0, 0.05) is 31.3 Å². The van der Waals surface area contributed by atoms with Crippen LogP contribution in [0.4, 0.5) is 0 Å². The Morgan fingerprint density at radius 3 is 2.00 bits per heavy atom. The fourth-order valence-electron chi connectivity index (χ4n) is 2.81. The molecule has 2 aromatic carbocycles. The van der Waals surface area contributed by atoms with Gasteiger partial charge < -0.3 is 28.6 Å². The summed E-state index contributed by atoms with van der Waals surface area (Å²) in [5.41, 5.74) is 1.63. The quantitative estimate of drug-likeness (QED) is 0.600. The van der Waals surface area contributed by atoms with Gasteiger partial charge in [-0.2, -0.15) is 0 Å². The number of carbonyl (C=O) groups is 1. The number of benzene rings is 2. The molecule has 0 unspecified atom stereocenters. The van der Waals surface area contributed by atoms with Crippen molar-refractivity contribution in [1.82, 2.24) is 4.90 Å². The summed E-state index contributed by atoms with van der Waals surface area (Å²) in [6.45, 7) is 0.394. The third-order valence-corrected chi connectivity index (χ3v) is 4.38. The Hall–Kier alpha value is -3.35. The van der Waals surface area contributed by atoms with E-state index in [1.807, 2.05) is 12.1 Å². The largest absolute Gasteiger partial charge is 0.497 e. The molecule has 0 heterocycles. The van der Waals surface area contributed by atoms with Crippen LogP contribution in [0.2, 0.25) is 0 Å². The highest BCUT2D eigenvalue weighted by atomic mass is 16.5. The molecule has 0 spiro atoms. The van der Waals surface area contributed by atoms with E-state index in [-0.39, 0.29) is 5.91 Å². The maximum atomic E-state index is 12.6.